The third-order valence-corrected chi connectivity index (χ3v) is 3.51. The number of hydrogen-bond donors (Lipinski definition) is 0. The van der Waals surface area contributed by atoms with Crippen molar-refractivity contribution in [2.75, 3.05) is 37.6 Å². The zero-order chi connectivity index (χ0) is 12.1. The summed E-state index contributed by atoms with van der Waals surface area (Å²) in [6, 6.07) is 4.14. The van der Waals surface area contributed by atoms with Gasteiger partial charge >= 0.3 is 0 Å². The van der Waals surface area contributed by atoms with Crippen molar-refractivity contribution in [3.63, 3.8) is 0 Å². The minimum absolute atomic E-state index is 0.539. The Bertz CT molecular complexity index is 331. The van der Waals surface area contributed by atoms with Crippen LogP contribution in [0.4, 0.5) is 5.82 Å². The van der Waals surface area contributed by atoms with Gasteiger partial charge in [0.25, 0.3) is 0 Å². The first-order chi connectivity index (χ1) is 8.33. The molecule has 0 unspecified atom stereocenters. The summed E-state index contributed by atoms with van der Waals surface area (Å²) in [6.45, 7) is 7.89. The van der Waals surface area contributed by atoms with E-state index in [0.717, 1.165) is 37.6 Å². The first kappa shape index (κ1) is 12.7. The van der Waals surface area contributed by atoms with Gasteiger partial charge in [0, 0.05) is 38.3 Å². The number of alkyl halides is 1. The quantitative estimate of drug-likeness (QED) is 0.768. The zero-order valence-corrected chi connectivity index (χ0v) is 11.2. The van der Waals surface area contributed by atoms with Gasteiger partial charge in [-0.1, -0.05) is 13.0 Å². The second kappa shape index (κ2) is 6.22. The zero-order valence-electron chi connectivity index (χ0n) is 10.4. The third-order valence-electron chi connectivity index (χ3n) is 3.20. The maximum Gasteiger partial charge on any atom is 0.128 e. The maximum absolute atomic E-state index is 5.76. The molecule has 1 aliphatic rings. The molecule has 0 amide bonds. The molecule has 1 aromatic rings. The predicted molar refractivity (Wildman–Crippen MR) is 72.7 cm³/mol. The minimum atomic E-state index is 0.539. The van der Waals surface area contributed by atoms with E-state index < -0.39 is 0 Å². The van der Waals surface area contributed by atoms with Gasteiger partial charge in [-0.25, -0.2) is 4.98 Å². The van der Waals surface area contributed by atoms with Crippen molar-refractivity contribution >= 4 is 17.4 Å². The summed E-state index contributed by atoms with van der Waals surface area (Å²) >= 11 is 5.76. The van der Waals surface area contributed by atoms with Crippen LogP contribution in [0.25, 0.3) is 0 Å². The van der Waals surface area contributed by atoms with E-state index in [1.54, 1.807) is 0 Å². The van der Waals surface area contributed by atoms with Crippen LogP contribution in [0.2, 0.25) is 0 Å². The first-order valence-corrected chi connectivity index (χ1v) is 6.85. The summed E-state index contributed by atoms with van der Waals surface area (Å²) in [5, 5.41) is 0. The minimum Gasteiger partial charge on any atom is -0.354 e. The molecule has 0 atom stereocenters. The summed E-state index contributed by atoms with van der Waals surface area (Å²) in [7, 11) is 0. The average Bonchev–Trinajstić information content (AvgIpc) is 2.40. The lowest BCUT2D eigenvalue weighted by Crippen LogP contribution is -2.46. The van der Waals surface area contributed by atoms with Gasteiger partial charge in [-0.3, -0.25) is 4.90 Å². The molecule has 0 aliphatic carbocycles. The van der Waals surface area contributed by atoms with Gasteiger partial charge in [0.2, 0.25) is 0 Å². The lowest BCUT2D eigenvalue weighted by atomic mass is 10.2. The molecule has 4 heteroatoms. The van der Waals surface area contributed by atoms with Crippen LogP contribution in [0.1, 0.15) is 18.9 Å². The van der Waals surface area contributed by atoms with Crippen LogP contribution in [0.15, 0.2) is 18.3 Å². The number of anilines is 1. The highest BCUT2D eigenvalue weighted by Crippen LogP contribution is 2.14. The molecule has 3 nitrogen and oxygen atoms in total. The van der Waals surface area contributed by atoms with E-state index in [1.165, 1.54) is 13.0 Å². The smallest absolute Gasteiger partial charge is 0.128 e. The van der Waals surface area contributed by atoms with E-state index >= 15 is 0 Å². The molecule has 17 heavy (non-hydrogen) atoms. The van der Waals surface area contributed by atoms with Gasteiger partial charge in [-0.2, -0.15) is 0 Å². The fourth-order valence-corrected chi connectivity index (χ4v) is 2.36. The van der Waals surface area contributed by atoms with Gasteiger partial charge in [0.05, 0.1) is 0 Å². The molecule has 0 saturated carbocycles. The Hall–Kier alpha value is -0.800. The van der Waals surface area contributed by atoms with E-state index in [2.05, 4.69) is 33.8 Å². The number of hydrogen-bond acceptors (Lipinski definition) is 3. The van der Waals surface area contributed by atoms with Crippen molar-refractivity contribution in [1.82, 2.24) is 9.88 Å². The Morgan fingerprint density at radius 3 is 2.53 bits per heavy atom. The maximum atomic E-state index is 5.76. The molecule has 2 rings (SSSR count). The topological polar surface area (TPSA) is 19.4 Å². The molecular formula is C13H20ClN3. The SMILES string of the molecule is CCCN1CCN(c2ccc(CCl)cn2)CC1. The van der Waals surface area contributed by atoms with Gasteiger partial charge in [-0.15, -0.1) is 11.6 Å². The molecule has 0 radical (unpaired) electrons. The van der Waals surface area contributed by atoms with Crippen LogP contribution >= 0.6 is 11.6 Å². The molecule has 94 valence electrons. The molecule has 0 N–H and O–H groups in total. The van der Waals surface area contributed by atoms with E-state index in [9.17, 15) is 0 Å². The Kier molecular flexibility index (Phi) is 4.63. The van der Waals surface area contributed by atoms with Crippen molar-refractivity contribution in [3.8, 4) is 0 Å². The molecule has 2 heterocycles. The van der Waals surface area contributed by atoms with Crippen molar-refractivity contribution in [3.05, 3.63) is 23.9 Å². The van der Waals surface area contributed by atoms with Gasteiger partial charge in [-0.05, 0) is 24.6 Å². The number of pyridine rings is 1. The summed E-state index contributed by atoms with van der Waals surface area (Å²) < 4.78 is 0. The van der Waals surface area contributed by atoms with Crippen LogP contribution < -0.4 is 4.90 Å². The van der Waals surface area contributed by atoms with Crippen LogP contribution in [0.5, 0.6) is 0 Å². The normalized spacial score (nSPS) is 17.4. The van der Waals surface area contributed by atoms with Crippen molar-refractivity contribution in [2.45, 2.75) is 19.2 Å². The van der Waals surface area contributed by atoms with Crippen molar-refractivity contribution < 1.29 is 0 Å². The number of halogens is 1. The Morgan fingerprint density at radius 2 is 2.00 bits per heavy atom. The van der Waals surface area contributed by atoms with E-state index in [1.807, 2.05) is 6.20 Å². The highest BCUT2D eigenvalue weighted by molar-refractivity contribution is 6.17. The van der Waals surface area contributed by atoms with E-state index in [0.29, 0.717) is 5.88 Å². The molecule has 0 spiro atoms. The Balaban J connectivity index is 1.91. The average molecular weight is 254 g/mol. The first-order valence-electron chi connectivity index (χ1n) is 6.31. The van der Waals surface area contributed by atoms with Gasteiger partial charge in [0.1, 0.15) is 5.82 Å². The van der Waals surface area contributed by atoms with Crippen LogP contribution in [-0.4, -0.2) is 42.6 Å². The van der Waals surface area contributed by atoms with Crippen LogP contribution in [0, 0.1) is 0 Å². The van der Waals surface area contributed by atoms with Crippen molar-refractivity contribution in [2.24, 2.45) is 0 Å². The molecule has 1 fully saturated rings. The van der Waals surface area contributed by atoms with Crippen LogP contribution in [0.3, 0.4) is 0 Å². The molecule has 1 aliphatic heterocycles. The summed E-state index contributed by atoms with van der Waals surface area (Å²) in [5.74, 6) is 1.62. The van der Waals surface area contributed by atoms with Crippen molar-refractivity contribution in [1.29, 1.82) is 0 Å². The predicted octanol–water partition coefficient (Wildman–Crippen LogP) is 2.35. The molecule has 0 aromatic carbocycles. The number of nitrogens with zero attached hydrogens (tertiary/aromatic N) is 3. The van der Waals surface area contributed by atoms with Gasteiger partial charge in [0.15, 0.2) is 0 Å². The van der Waals surface area contributed by atoms with E-state index in [-0.39, 0.29) is 0 Å². The standard InChI is InChI=1S/C13H20ClN3/c1-2-5-16-6-8-17(9-7-16)13-4-3-12(10-14)11-15-13/h3-4,11H,2,5-10H2,1H3. The fraction of sp³-hybridized carbons (Fsp3) is 0.615. The summed E-state index contributed by atoms with van der Waals surface area (Å²) in [4.78, 5) is 9.34. The molecule has 1 aromatic heterocycles. The molecular weight excluding hydrogens is 234 g/mol. The van der Waals surface area contributed by atoms with Gasteiger partial charge < -0.3 is 4.90 Å². The fourth-order valence-electron chi connectivity index (χ4n) is 2.20. The lowest BCUT2D eigenvalue weighted by molar-refractivity contribution is 0.258. The number of piperazine rings is 1. The van der Waals surface area contributed by atoms with E-state index in [4.69, 9.17) is 11.6 Å². The highest BCUT2D eigenvalue weighted by Gasteiger charge is 2.16. The Labute approximate surface area is 108 Å². The molecule has 1 saturated heterocycles. The summed E-state index contributed by atoms with van der Waals surface area (Å²) in [5.41, 5.74) is 1.08. The summed E-state index contributed by atoms with van der Waals surface area (Å²) in [6.07, 6.45) is 3.11. The Morgan fingerprint density at radius 1 is 1.24 bits per heavy atom. The largest absolute Gasteiger partial charge is 0.354 e. The monoisotopic (exact) mass is 253 g/mol. The highest BCUT2D eigenvalue weighted by atomic mass is 35.5. The van der Waals surface area contributed by atoms with Crippen LogP contribution in [-0.2, 0) is 5.88 Å². The molecule has 0 bridgehead atoms. The third kappa shape index (κ3) is 3.33. The lowest BCUT2D eigenvalue weighted by Gasteiger charge is -2.35. The number of rotatable bonds is 4. The second-order valence-corrected chi connectivity index (χ2v) is 4.75. The number of aromatic nitrogens is 1. The second-order valence-electron chi connectivity index (χ2n) is 4.49.